The lowest BCUT2D eigenvalue weighted by Gasteiger charge is -2.35. The van der Waals surface area contributed by atoms with Gasteiger partial charge in [-0.2, -0.15) is 5.26 Å². The van der Waals surface area contributed by atoms with Crippen LogP contribution in [0, 0.1) is 11.3 Å². The average molecular weight is 376 g/mol. The lowest BCUT2D eigenvalue weighted by molar-refractivity contribution is -0.117. The number of piperazine rings is 1. The molecule has 0 saturated carbocycles. The summed E-state index contributed by atoms with van der Waals surface area (Å²) in [6.07, 6.45) is 1.67. The van der Waals surface area contributed by atoms with Gasteiger partial charge in [-0.15, -0.1) is 0 Å². The maximum atomic E-state index is 12.4. The van der Waals surface area contributed by atoms with Crippen molar-refractivity contribution in [2.24, 2.45) is 0 Å². The van der Waals surface area contributed by atoms with Crippen LogP contribution in [-0.2, 0) is 11.3 Å². The van der Waals surface area contributed by atoms with Gasteiger partial charge >= 0.3 is 0 Å². The van der Waals surface area contributed by atoms with E-state index in [-0.39, 0.29) is 11.5 Å². The van der Waals surface area contributed by atoms with Gasteiger partial charge in [-0.25, -0.2) is 0 Å². The van der Waals surface area contributed by atoms with Crippen molar-refractivity contribution in [3.63, 3.8) is 0 Å². The third kappa shape index (κ3) is 5.04. The predicted octanol–water partition coefficient (Wildman–Crippen LogP) is 2.54. The standard InChI is InChI=1S/C22H24N4O2/c1-28-21-9-7-18(8-10-21)16-24-22(27)19(15-23)17-25-11-13-26(14-12-25)20-5-3-2-4-6-20/h2-10,17H,11-14,16H2,1H3,(H,24,27)/b19-17-. The predicted molar refractivity (Wildman–Crippen MR) is 109 cm³/mol. The molecule has 0 aromatic heterocycles. The second-order valence-electron chi connectivity index (χ2n) is 6.54. The van der Waals surface area contributed by atoms with Crippen molar-refractivity contribution in [3.8, 4) is 11.8 Å². The number of anilines is 1. The van der Waals surface area contributed by atoms with Crippen molar-refractivity contribution < 1.29 is 9.53 Å². The minimum absolute atomic E-state index is 0.127. The molecule has 1 amide bonds. The Morgan fingerprint density at radius 1 is 1.11 bits per heavy atom. The van der Waals surface area contributed by atoms with Gasteiger partial charge in [0.2, 0.25) is 0 Å². The highest BCUT2D eigenvalue weighted by molar-refractivity contribution is 5.97. The summed E-state index contributed by atoms with van der Waals surface area (Å²) in [4.78, 5) is 16.7. The Labute approximate surface area is 165 Å². The Morgan fingerprint density at radius 3 is 2.39 bits per heavy atom. The van der Waals surface area contributed by atoms with Crippen molar-refractivity contribution in [3.05, 3.63) is 71.9 Å². The largest absolute Gasteiger partial charge is 0.497 e. The summed E-state index contributed by atoms with van der Waals surface area (Å²) in [7, 11) is 1.61. The van der Waals surface area contributed by atoms with Crippen LogP contribution < -0.4 is 15.0 Å². The molecule has 28 heavy (non-hydrogen) atoms. The van der Waals surface area contributed by atoms with Gasteiger partial charge in [-0.1, -0.05) is 30.3 Å². The monoisotopic (exact) mass is 376 g/mol. The van der Waals surface area contributed by atoms with Crippen LogP contribution in [0.15, 0.2) is 66.4 Å². The van der Waals surface area contributed by atoms with Crippen molar-refractivity contribution in [2.45, 2.75) is 6.54 Å². The molecule has 0 bridgehead atoms. The number of nitrogens with one attached hydrogen (secondary N) is 1. The van der Waals surface area contributed by atoms with Crippen LogP contribution in [0.25, 0.3) is 0 Å². The number of benzene rings is 2. The lowest BCUT2D eigenvalue weighted by Crippen LogP contribution is -2.44. The number of carbonyl (C=O) groups is 1. The van der Waals surface area contributed by atoms with Crippen molar-refractivity contribution in [1.29, 1.82) is 5.26 Å². The summed E-state index contributed by atoms with van der Waals surface area (Å²) in [5.74, 6) is 0.408. The highest BCUT2D eigenvalue weighted by Gasteiger charge is 2.17. The van der Waals surface area contributed by atoms with Crippen molar-refractivity contribution in [1.82, 2.24) is 10.2 Å². The minimum Gasteiger partial charge on any atom is -0.497 e. The number of nitriles is 1. The first-order valence-corrected chi connectivity index (χ1v) is 9.26. The summed E-state index contributed by atoms with van der Waals surface area (Å²) in [5, 5.41) is 12.2. The van der Waals surface area contributed by atoms with Crippen molar-refractivity contribution in [2.75, 3.05) is 38.2 Å². The SMILES string of the molecule is COc1ccc(CNC(=O)/C(C#N)=C\N2CCN(c3ccccc3)CC2)cc1. The molecule has 1 heterocycles. The maximum absolute atomic E-state index is 12.4. The third-order valence-electron chi connectivity index (χ3n) is 4.72. The molecule has 3 rings (SSSR count). The molecule has 2 aromatic carbocycles. The fourth-order valence-corrected chi connectivity index (χ4v) is 3.09. The first-order chi connectivity index (χ1) is 13.7. The van der Waals surface area contributed by atoms with Gasteiger partial charge in [0.15, 0.2) is 0 Å². The van der Waals surface area contributed by atoms with Crippen LogP contribution in [0.4, 0.5) is 5.69 Å². The van der Waals surface area contributed by atoms with Crippen LogP contribution in [0.2, 0.25) is 0 Å². The Kier molecular flexibility index (Phi) is 6.53. The van der Waals surface area contributed by atoms with Crippen LogP contribution in [0.3, 0.4) is 0 Å². The zero-order chi connectivity index (χ0) is 19.8. The summed E-state index contributed by atoms with van der Waals surface area (Å²) in [5.41, 5.74) is 2.27. The van der Waals surface area contributed by atoms with E-state index in [2.05, 4.69) is 22.3 Å². The molecule has 6 heteroatoms. The molecule has 1 aliphatic heterocycles. The van der Waals surface area contributed by atoms with E-state index in [1.807, 2.05) is 53.4 Å². The number of rotatable bonds is 6. The Morgan fingerprint density at radius 2 is 1.79 bits per heavy atom. The van der Waals surface area contributed by atoms with Crippen LogP contribution >= 0.6 is 0 Å². The van der Waals surface area contributed by atoms with E-state index in [0.717, 1.165) is 37.5 Å². The summed E-state index contributed by atoms with van der Waals surface area (Å²) in [6, 6.07) is 19.7. The topological polar surface area (TPSA) is 68.6 Å². The first-order valence-electron chi connectivity index (χ1n) is 9.26. The Balaban J connectivity index is 1.53. The van der Waals surface area contributed by atoms with Gasteiger partial charge < -0.3 is 19.9 Å². The zero-order valence-corrected chi connectivity index (χ0v) is 16.0. The normalized spacial score (nSPS) is 14.4. The highest BCUT2D eigenvalue weighted by Crippen LogP contribution is 2.16. The van der Waals surface area contributed by atoms with E-state index in [4.69, 9.17) is 4.74 Å². The molecular formula is C22H24N4O2. The molecule has 1 saturated heterocycles. The molecule has 2 aromatic rings. The third-order valence-corrected chi connectivity index (χ3v) is 4.72. The number of methoxy groups -OCH3 is 1. The minimum atomic E-state index is -0.358. The number of ether oxygens (including phenoxy) is 1. The summed E-state index contributed by atoms with van der Waals surface area (Å²) >= 11 is 0. The second kappa shape index (κ2) is 9.47. The van der Waals surface area contributed by atoms with Crippen LogP contribution in [0.1, 0.15) is 5.56 Å². The van der Waals surface area contributed by atoms with Crippen LogP contribution in [-0.4, -0.2) is 44.1 Å². The van der Waals surface area contributed by atoms with E-state index in [1.54, 1.807) is 13.3 Å². The molecular weight excluding hydrogens is 352 g/mol. The lowest BCUT2D eigenvalue weighted by atomic mass is 10.2. The molecule has 1 aliphatic rings. The van der Waals surface area contributed by atoms with Crippen molar-refractivity contribution >= 4 is 11.6 Å². The zero-order valence-electron chi connectivity index (χ0n) is 16.0. The molecule has 0 atom stereocenters. The van der Waals surface area contributed by atoms with E-state index >= 15 is 0 Å². The molecule has 0 unspecified atom stereocenters. The first kappa shape index (κ1) is 19.3. The number of nitrogens with zero attached hydrogens (tertiary/aromatic N) is 3. The number of hydrogen-bond acceptors (Lipinski definition) is 5. The molecule has 0 radical (unpaired) electrons. The fourth-order valence-electron chi connectivity index (χ4n) is 3.09. The summed E-state index contributed by atoms with van der Waals surface area (Å²) < 4.78 is 5.12. The Hall–Kier alpha value is -3.46. The molecule has 0 aliphatic carbocycles. The highest BCUT2D eigenvalue weighted by atomic mass is 16.5. The van der Waals surface area contributed by atoms with Gasteiger partial charge in [-0.3, -0.25) is 4.79 Å². The molecule has 1 fully saturated rings. The van der Waals surface area contributed by atoms with E-state index in [1.165, 1.54) is 5.69 Å². The van der Waals surface area contributed by atoms with Gasteiger partial charge in [0.05, 0.1) is 7.11 Å². The molecule has 0 spiro atoms. The van der Waals surface area contributed by atoms with E-state index in [0.29, 0.717) is 6.54 Å². The van der Waals surface area contributed by atoms with Crippen LogP contribution in [0.5, 0.6) is 5.75 Å². The second-order valence-corrected chi connectivity index (χ2v) is 6.54. The molecule has 144 valence electrons. The Bertz CT molecular complexity index is 848. The molecule has 1 N–H and O–H groups in total. The molecule has 6 nitrogen and oxygen atoms in total. The van der Waals surface area contributed by atoms with Gasteiger partial charge in [-0.05, 0) is 29.8 Å². The van der Waals surface area contributed by atoms with E-state index in [9.17, 15) is 10.1 Å². The summed E-state index contributed by atoms with van der Waals surface area (Å²) in [6.45, 7) is 3.61. The number of amides is 1. The van der Waals surface area contributed by atoms with Gasteiger partial charge in [0, 0.05) is 44.6 Å². The number of carbonyl (C=O) groups excluding carboxylic acids is 1. The number of para-hydroxylation sites is 1. The fraction of sp³-hybridized carbons (Fsp3) is 0.273. The quantitative estimate of drug-likeness (QED) is 0.620. The average Bonchev–Trinajstić information content (AvgIpc) is 2.77. The van der Waals surface area contributed by atoms with E-state index < -0.39 is 0 Å². The van der Waals surface area contributed by atoms with Gasteiger partial charge in [0.25, 0.3) is 5.91 Å². The maximum Gasteiger partial charge on any atom is 0.263 e. The van der Waals surface area contributed by atoms with Gasteiger partial charge in [0.1, 0.15) is 17.4 Å². The smallest absolute Gasteiger partial charge is 0.263 e. The number of hydrogen-bond donors (Lipinski definition) is 1.